The summed E-state index contributed by atoms with van der Waals surface area (Å²) in [5.41, 5.74) is 3.33. The number of thiophene rings is 1. The number of carbonyl (C=O) groups is 1. The van der Waals surface area contributed by atoms with E-state index < -0.39 is 10.0 Å². The highest BCUT2D eigenvalue weighted by atomic mass is 32.2. The third-order valence-corrected chi connectivity index (χ3v) is 6.54. The van der Waals surface area contributed by atoms with E-state index in [0.717, 1.165) is 22.6 Å². The Kier molecular flexibility index (Phi) is 4.84. The average Bonchev–Trinajstić information content (AvgIpc) is 3.17. The van der Waals surface area contributed by atoms with E-state index in [9.17, 15) is 13.2 Å². The van der Waals surface area contributed by atoms with Crippen LogP contribution < -0.4 is 10.0 Å². The third-order valence-electron chi connectivity index (χ3n) is 3.72. The summed E-state index contributed by atoms with van der Waals surface area (Å²) in [5.74, 6) is 0.377. The van der Waals surface area contributed by atoms with Crippen LogP contribution in [0.4, 0.5) is 11.4 Å². The molecule has 0 spiro atoms. The maximum absolute atomic E-state index is 12.6. The van der Waals surface area contributed by atoms with Crippen LogP contribution in [0.25, 0.3) is 11.3 Å². The Hall–Kier alpha value is -2.65. The van der Waals surface area contributed by atoms with Gasteiger partial charge in [0.25, 0.3) is 10.0 Å². The molecule has 0 unspecified atom stereocenters. The van der Waals surface area contributed by atoms with E-state index in [2.05, 4.69) is 15.2 Å². The van der Waals surface area contributed by atoms with Gasteiger partial charge in [-0.15, -0.1) is 11.3 Å². The first-order valence-corrected chi connectivity index (χ1v) is 10.0. The summed E-state index contributed by atoms with van der Waals surface area (Å²) in [6, 6.07) is 7.98. The highest BCUT2D eigenvalue weighted by molar-refractivity contribution is 7.94. The molecule has 9 heteroatoms. The van der Waals surface area contributed by atoms with Crippen molar-refractivity contribution in [3.8, 4) is 11.3 Å². The van der Waals surface area contributed by atoms with Gasteiger partial charge in [-0.25, -0.2) is 8.42 Å². The number of carbonyl (C=O) groups excluding carboxylic acids is 1. The molecule has 2 aromatic heterocycles. The largest absolute Gasteiger partial charge is 0.356 e. The van der Waals surface area contributed by atoms with Gasteiger partial charge >= 0.3 is 0 Å². The van der Waals surface area contributed by atoms with Crippen LogP contribution in [0.1, 0.15) is 18.2 Å². The maximum atomic E-state index is 12.6. The first kappa shape index (κ1) is 18.2. The summed E-state index contributed by atoms with van der Waals surface area (Å²) in [7, 11) is -3.72. The summed E-state index contributed by atoms with van der Waals surface area (Å²) < 4.78 is 33.1. The monoisotopic (exact) mass is 391 g/mol. The van der Waals surface area contributed by atoms with E-state index >= 15 is 0 Å². The molecule has 2 heterocycles. The number of hydrogen-bond acceptors (Lipinski definition) is 6. The number of nitrogens with zero attached hydrogens (tertiary/aromatic N) is 1. The smallest absolute Gasteiger partial charge is 0.271 e. The minimum absolute atomic E-state index is 0.173. The summed E-state index contributed by atoms with van der Waals surface area (Å²) in [6.45, 7) is 5.11. The molecule has 136 valence electrons. The van der Waals surface area contributed by atoms with Gasteiger partial charge in [-0.2, -0.15) is 0 Å². The van der Waals surface area contributed by atoms with Gasteiger partial charge in [-0.1, -0.05) is 5.16 Å². The molecule has 0 aliphatic carbocycles. The van der Waals surface area contributed by atoms with Crippen molar-refractivity contribution in [3.63, 3.8) is 0 Å². The molecular weight excluding hydrogens is 374 g/mol. The minimum Gasteiger partial charge on any atom is -0.356 e. The summed E-state index contributed by atoms with van der Waals surface area (Å²) in [4.78, 5) is 11.0. The molecule has 7 nitrogen and oxygen atoms in total. The number of benzene rings is 1. The predicted molar refractivity (Wildman–Crippen MR) is 101 cm³/mol. The molecule has 0 radical (unpaired) electrons. The first-order valence-electron chi connectivity index (χ1n) is 7.68. The van der Waals surface area contributed by atoms with E-state index in [0.29, 0.717) is 22.7 Å². The van der Waals surface area contributed by atoms with Crippen LogP contribution >= 0.6 is 11.3 Å². The molecule has 3 rings (SSSR count). The van der Waals surface area contributed by atoms with Gasteiger partial charge in [0, 0.05) is 34.8 Å². The van der Waals surface area contributed by atoms with Crippen molar-refractivity contribution in [1.29, 1.82) is 0 Å². The third kappa shape index (κ3) is 3.78. The molecule has 26 heavy (non-hydrogen) atoms. The Morgan fingerprint density at radius 3 is 2.38 bits per heavy atom. The van der Waals surface area contributed by atoms with Gasteiger partial charge in [0.1, 0.15) is 4.21 Å². The van der Waals surface area contributed by atoms with Gasteiger partial charge in [0.05, 0.1) is 5.69 Å². The lowest BCUT2D eigenvalue weighted by Crippen LogP contribution is -2.11. The molecular formula is C17H17N3O4S2. The van der Waals surface area contributed by atoms with E-state index in [1.165, 1.54) is 6.92 Å². The Morgan fingerprint density at radius 2 is 1.81 bits per heavy atom. The molecule has 0 bridgehead atoms. The molecule has 3 aromatic rings. The van der Waals surface area contributed by atoms with Gasteiger partial charge in [-0.05, 0) is 44.2 Å². The number of hydrogen-bond donors (Lipinski definition) is 2. The molecule has 0 aliphatic heterocycles. The maximum Gasteiger partial charge on any atom is 0.271 e. The number of amides is 1. The fourth-order valence-corrected chi connectivity index (χ4v) is 4.51. The van der Waals surface area contributed by atoms with Crippen LogP contribution in [0, 0.1) is 13.8 Å². The number of aryl methyl sites for hydroxylation is 1. The normalized spacial score (nSPS) is 11.3. The van der Waals surface area contributed by atoms with Crippen LogP contribution in [0.2, 0.25) is 0 Å². The van der Waals surface area contributed by atoms with E-state index in [1.54, 1.807) is 35.7 Å². The quantitative estimate of drug-likeness (QED) is 0.689. The van der Waals surface area contributed by atoms with Crippen LogP contribution in [0.5, 0.6) is 0 Å². The van der Waals surface area contributed by atoms with Crippen LogP contribution in [0.15, 0.2) is 44.4 Å². The second kappa shape index (κ2) is 6.93. The Bertz CT molecular complexity index is 1050. The molecule has 2 N–H and O–H groups in total. The van der Waals surface area contributed by atoms with Gasteiger partial charge in [0.15, 0.2) is 5.76 Å². The van der Waals surface area contributed by atoms with Gasteiger partial charge < -0.3 is 9.84 Å². The van der Waals surface area contributed by atoms with Crippen molar-refractivity contribution in [2.24, 2.45) is 0 Å². The van der Waals surface area contributed by atoms with Crippen LogP contribution in [-0.4, -0.2) is 19.5 Å². The lowest BCUT2D eigenvalue weighted by molar-refractivity contribution is -0.114. The van der Waals surface area contributed by atoms with Crippen molar-refractivity contribution >= 4 is 38.6 Å². The van der Waals surface area contributed by atoms with Crippen molar-refractivity contribution in [3.05, 3.63) is 47.0 Å². The van der Waals surface area contributed by atoms with E-state index in [4.69, 9.17) is 4.52 Å². The number of nitrogens with one attached hydrogen (secondary N) is 2. The molecule has 0 atom stereocenters. The molecule has 0 fully saturated rings. The molecule has 0 saturated carbocycles. The van der Waals surface area contributed by atoms with Crippen LogP contribution in [-0.2, 0) is 14.8 Å². The predicted octanol–water partition coefficient (Wildman–Crippen LogP) is 3.78. The second-order valence-corrected chi connectivity index (χ2v) is 8.56. The molecule has 0 aliphatic rings. The van der Waals surface area contributed by atoms with E-state index in [1.807, 2.05) is 13.8 Å². The SMILES string of the molecule is CC(=O)Nc1ccc(NS(=O)(=O)c2cc(-c3onc(C)c3C)cs2)cc1. The van der Waals surface area contributed by atoms with Crippen molar-refractivity contribution in [2.45, 2.75) is 25.0 Å². The van der Waals surface area contributed by atoms with Crippen molar-refractivity contribution in [1.82, 2.24) is 5.16 Å². The standard InChI is InChI=1S/C17H17N3O4S2/c1-10-11(2)19-24-17(10)13-8-16(25-9-13)26(22,23)20-15-6-4-14(5-7-15)18-12(3)21/h4-9,20H,1-3H3,(H,18,21). The highest BCUT2D eigenvalue weighted by Crippen LogP contribution is 2.32. The zero-order chi connectivity index (χ0) is 18.9. The number of aromatic nitrogens is 1. The topological polar surface area (TPSA) is 101 Å². The van der Waals surface area contributed by atoms with E-state index in [-0.39, 0.29) is 10.1 Å². The fraction of sp³-hybridized carbons (Fsp3) is 0.176. The summed E-state index contributed by atoms with van der Waals surface area (Å²) >= 11 is 1.10. The number of sulfonamides is 1. The van der Waals surface area contributed by atoms with Gasteiger partial charge in [-0.3, -0.25) is 9.52 Å². The average molecular weight is 391 g/mol. The Balaban J connectivity index is 1.80. The number of rotatable bonds is 5. The van der Waals surface area contributed by atoms with Gasteiger partial charge in [0.2, 0.25) is 5.91 Å². The summed E-state index contributed by atoms with van der Waals surface area (Å²) in [5, 5.41) is 8.24. The highest BCUT2D eigenvalue weighted by Gasteiger charge is 2.20. The fourth-order valence-electron chi connectivity index (χ4n) is 2.29. The Labute approximate surface area is 155 Å². The summed E-state index contributed by atoms with van der Waals surface area (Å²) in [6.07, 6.45) is 0. The molecule has 1 aromatic carbocycles. The zero-order valence-electron chi connectivity index (χ0n) is 14.4. The van der Waals surface area contributed by atoms with Crippen LogP contribution in [0.3, 0.4) is 0 Å². The second-order valence-electron chi connectivity index (χ2n) is 5.74. The lowest BCUT2D eigenvalue weighted by atomic mass is 10.1. The Morgan fingerprint density at radius 1 is 1.15 bits per heavy atom. The lowest BCUT2D eigenvalue weighted by Gasteiger charge is -2.07. The zero-order valence-corrected chi connectivity index (χ0v) is 16.0. The minimum atomic E-state index is -3.72. The first-order chi connectivity index (χ1) is 12.3. The van der Waals surface area contributed by atoms with Crippen molar-refractivity contribution < 1.29 is 17.7 Å². The van der Waals surface area contributed by atoms with Crippen molar-refractivity contribution in [2.75, 3.05) is 10.0 Å². The molecule has 0 saturated heterocycles. The number of anilines is 2. The molecule has 1 amide bonds.